The highest BCUT2D eigenvalue weighted by molar-refractivity contribution is 9.10. The van der Waals surface area contributed by atoms with Crippen molar-refractivity contribution in [2.24, 2.45) is 0 Å². The lowest BCUT2D eigenvalue weighted by Crippen LogP contribution is -1.95. The van der Waals surface area contributed by atoms with Crippen LogP contribution in [0.15, 0.2) is 41.0 Å². The Labute approximate surface area is 130 Å². The van der Waals surface area contributed by atoms with Gasteiger partial charge in [0.15, 0.2) is 5.65 Å². The molecule has 0 aliphatic heterocycles. The van der Waals surface area contributed by atoms with E-state index in [0.29, 0.717) is 17.3 Å². The zero-order valence-electron chi connectivity index (χ0n) is 11.6. The molecule has 0 amide bonds. The molecule has 0 radical (unpaired) electrons. The van der Waals surface area contributed by atoms with Crippen molar-refractivity contribution in [3.63, 3.8) is 0 Å². The molecule has 6 heteroatoms. The van der Waals surface area contributed by atoms with Gasteiger partial charge in [-0.15, -0.1) is 0 Å². The highest BCUT2D eigenvalue weighted by atomic mass is 79.9. The number of methoxy groups -OCH3 is 2. The molecule has 0 aliphatic carbocycles. The van der Waals surface area contributed by atoms with Crippen molar-refractivity contribution in [3.05, 3.63) is 41.0 Å². The number of fused-ring (bicyclic) bond motifs is 1. The molecule has 2 aromatic heterocycles. The number of aromatic nitrogens is 2. The minimum Gasteiger partial charge on any atom is -0.497 e. The average Bonchev–Trinajstić information content (AvgIpc) is 2.85. The van der Waals surface area contributed by atoms with Crippen molar-refractivity contribution >= 4 is 27.4 Å². The third kappa shape index (κ3) is 2.21. The summed E-state index contributed by atoms with van der Waals surface area (Å²) >= 11 is 3.49. The Hall–Kier alpha value is -2.21. The summed E-state index contributed by atoms with van der Waals surface area (Å²) in [6.07, 6.45) is 1.88. The second-order valence-electron chi connectivity index (χ2n) is 4.46. The minimum absolute atomic E-state index is 0.565. The van der Waals surface area contributed by atoms with Gasteiger partial charge in [0, 0.05) is 17.8 Å². The Balaban J connectivity index is 2.25. The molecule has 0 saturated heterocycles. The van der Waals surface area contributed by atoms with Crippen LogP contribution < -0.4 is 15.2 Å². The number of anilines is 1. The molecule has 2 N–H and O–H groups in total. The highest BCUT2D eigenvalue weighted by Crippen LogP contribution is 2.37. The van der Waals surface area contributed by atoms with Crippen LogP contribution in [0.2, 0.25) is 0 Å². The van der Waals surface area contributed by atoms with E-state index in [1.165, 1.54) is 0 Å². The molecular weight excluding hydrogens is 334 g/mol. The standard InChI is InChI=1S/C15H14BrN3O2/c1-20-9-5-6-10(12(8-9)21-2)13-14(17)19-7-3-4-11(16)15(19)18-13/h3-8H,17H2,1-2H3. The van der Waals surface area contributed by atoms with Crippen LogP contribution in [0.1, 0.15) is 0 Å². The van der Waals surface area contributed by atoms with E-state index in [1.54, 1.807) is 14.2 Å². The number of hydrogen-bond donors (Lipinski definition) is 1. The Bertz CT molecular complexity index is 814. The van der Waals surface area contributed by atoms with Gasteiger partial charge in [-0.3, -0.25) is 4.40 Å². The van der Waals surface area contributed by atoms with Crippen LogP contribution in [0.3, 0.4) is 0 Å². The van der Waals surface area contributed by atoms with E-state index >= 15 is 0 Å². The number of benzene rings is 1. The van der Waals surface area contributed by atoms with E-state index in [9.17, 15) is 0 Å². The highest BCUT2D eigenvalue weighted by Gasteiger charge is 2.17. The normalized spacial score (nSPS) is 10.8. The van der Waals surface area contributed by atoms with Gasteiger partial charge >= 0.3 is 0 Å². The minimum atomic E-state index is 0.565. The van der Waals surface area contributed by atoms with Gasteiger partial charge in [-0.25, -0.2) is 4.98 Å². The molecule has 0 fully saturated rings. The fourth-order valence-corrected chi connectivity index (χ4v) is 2.68. The number of ether oxygens (including phenoxy) is 2. The van der Waals surface area contributed by atoms with E-state index in [0.717, 1.165) is 21.4 Å². The zero-order chi connectivity index (χ0) is 15.0. The number of halogens is 1. The van der Waals surface area contributed by atoms with Crippen molar-refractivity contribution < 1.29 is 9.47 Å². The summed E-state index contributed by atoms with van der Waals surface area (Å²) < 4.78 is 13.4. The number of imidazole rings is 1. The van der Waals surface area contributed by atoms with Crippen molar-refractivity contribution in [2.45, 2.75) is 0 Å². The molecule has 3 rings (SSSR count). The van der Waals surface area contributed by atoms with Crippen molar-refractivity contribution in [3.8, 4) is 22.8 Å². The molecule has 0 unspecified atom stereocenters. The molecule has 2 heterocycles. The lowest BCUT2D eigenvalue weighted by atomic mass is 10.1. The van der Waals surface area contributed by atoms with Crippen LogP contribution in [0.25, 0.3) is 16.9 Å². The average molecular weight is 348 g/mol. The summed E-state index contributed by atoms with van der Waals surface area (Å²) in [4.78, 5) is 4.62. The number of rotatable bonds is 3. The van der Waals surface area contributed by atoms with E-state index in [2.05, 4.69) is 20.9 Å². The maximum Gasteiger partial charge on any atom is 0.153 e. The lowest BCUT2D eigenvalue weighted by molar-refractivity contribution is 0.395. The summed E-state index contributed by atoms with van der Waals surface area (Å²) in [6, 6.07) is 9.40. The summed E-state index contributed by atoms with van der Waals surface area (Å²) in [5, 5.41) is 0. The van der Waals surface area contributed by atoms with Crippen LogP contribution in [0.4, 0.5) is 5.82 Å². The van der Waals surface area contributed by atoms with Crippen molar-refractivity contribution in [2.75, 3.05) is 20.0 Å². The Morgan fingerprint density at radius 2 is 2.00 bits per heavy atom. The molecule has 0 aliphatic rings. The van der Waals surface area contributed by atoms with Gasteiger partial charge in [0.05, 0.1) is 18.7 Å². The number of nitrogen functional groups attached to an aromatic ring is 1. The van der Waals surface area contributed by atoms with Crippen LogP contribution in [0, 0.1) is 0 Å². The lowest BCUT2D eigenvalue weighted by Gasteiger charge is -2.09. The molecule has 1 aromatic carbocycles. The quantitative estimate of drug-likeness (QED) is 0.788. The van der Waals surface area contributed by atoms with Gasteiger partial charge in [-0.05, 0) is 40.2 Å². The maximum atomic E-state index is 6.23. The van der Waals surface area contributed by atoms with Gasteiger partial charge < -0.3 is 15.2 Å². The van der Waals surface area contributed by atoms with Gasteiger partial charge in [0.1, 0.15) is 23.0 Å². The zero-order valence-corrected chi connectivity index (χ0v) is 13.2. The molecule has 0 spiro atoms. The van der Waals surface area contributed by atoms with Crippen LogP contribution in [0.5, 0.6) is 11.5 Å². The monoisotopic (exact) mass is 347 g/mol. The molecule has 21 heavy (non-hydrogen) atoms. The van der Waals surface area contributed by atoms with Crippen molar-refractivity contribution in [1.82, 2.24) is 9.38 Å². The first-order valence-electron chi connectivity index (χ1n) is 6.30. The number of nitrogens with zero attached hydrogens (tertiary/aromatic N) is 2. The molecular formula is C15H14BrN3O2. The molecule has 108 valence electrons. The van der Waals surface area contributed by atoms with Gasteiger partial charge in [0.25, 0.3) is 0 Å². The van der Waals surface area contributed by atoms with Crippen LogP contribution in [-0.2, 0) is 0 Å². The summed E-state index contributed by atoms with van der Waals surface area (Å²) in [6.45, 7) is 0. The largest absolute Gasteiger partial charge is 0.497 e. The van der Waals surface area contributed by atoms with Gasteiger partial charge in [-0.2, -0.15) is 0 Å². The third-order valence-corrected chi connectivity index (χ3v) is 3.92. The summed E-state index contributed by atoms with van der Waals surface area (Å²) in [7, 11) is 3.23. The summed E-state index contributed by atoms with van der Waals surface area (Å²) in [5.74, 6) is 1.95. The first kappa shape index (κ1) is 13.8. The summed E-state index contributed by atoms with van der Waals surface area (Å²) in [5.41, 5.74) is 8.50. The molecule has 3 aromatic rings. The number of pyridine rings is 1. The van der Waals surface area contributed by atoms with E-state index < -0.39 is 0 Å². The fourth-order valence-electron chi connectivity index (χ4n) is 2.25. The van der Waals surface area contributed by atoms with Crippen LogP contribution >= 0.6 is 15.9 Å². The number of nitrogens with two attached hydrogens (primary N) is 1. The molecule has 0 atom stereocenters. The van der Waals surface area contributed by atoms with Crippen molar-refractivity contribution in [1.29, 1.82) is 0 Å². The molecule has 0 saturated carbocycles. The predicted molar refractivity (Wildman–Crippen MR) is 85.8 cm³/mol. The van der Waals surface area contributed by atoms with Gasteiger partial charge in [-0.1, -0.05) is 0 Å². The predicted octanol–water partition coefficient (Wildman–Crippen LogP) is 3.36. The van der Waals surface area contributed by atoms with E-state index in [1.807, 2.05) is 40.9 Å². The number of hydrogen-bond acceptors (Lipinski definition) is 4. The first-order valence-corrected chi connectivity index (χ1v) is 7.09. The van der Waals surface area contributed by atoms with E-state index in [4.69, 9.17) is 15.2 Å². The molecule has 5 nitrogen and oxygen atoms in total. The Morgan fingerprint density at radius 1 is 1.19 bits per heavy atom. The third-order valence-electron chi connectivity index (χ3n) is 3.30. The molecule has 0 bridgehead atoms. The Morgan fingerprint density at radius 3 is 2.67 bits per heavy atom. The van der Waals surface area contributed by atoms with E-state index in [-0.39, 0.29) is 0 Å². The smallest absolute Gasteiger partial charge is 0.153 e. The van der Waals surface area contributed by atoms with Crippen LogP contribution in [-0.4, -0.2) is 23.6 Å². The topological polar surface area (TPSA) is 61.8 Å². The second kappa shape index (κ2) is 5.29. The van der Waals surface area contributed by atoms with Gasteiger partial charge in [0.2, 0.25) is 0 Å². The second-order valence-corrected chi connectivity index (χ2v) is 5.32. The maximum absolute atomic E-state index is 6.23. The fraction of sp³-hybridized carbons (Fsp3) is 0.133. The first-order chi connectivity index (χ1) is 10.2. The Kier molecular flexibility index (Phi) is 3.47. The SMILES string of the molecule is COc1ccc(-c2nc3c(Br)cccn3c2N)c(OC)c1.